The summed E-state index contributed by atoms with van der Waals surface area (Å²) in [6.07, 6.45) is 2.30. The van der Waals surface area contributed by atoms with E-state index in [9.17, 15) is 30.3 Å². The molecule has 0 radical (unpaired) electrons. The molecular weight excluding hydrogens is 576 g/mol. The first-order valence-electron chi connectivity index (χ1n) is 15.1. The zero-order valence-electron chi connectivity index (χ0n) is 25.1. The Morgan fingerprint density at radius 3 is 1.16 bits per heavy atom. The van der Waals surface area contributed by atoms with Gasteiger partial charge in [-0.3, -0.25) is 30.3 Å². The van der Waals surface area contributed by atoms with Crippen molar-refractivity contribution in [1.82, 2.24) is 13.7 Å². The van der Waals surface area contributed by atoms with Gasteiger partial charge in [0.15, 0.2) is 0 Å². The first-order valence-corrected chi connectivity index (χ1v) is 15.1. The van der Waals surface area contributed by atoms with Crippen LogP contribution in [0.25, 0.3) is 65.4 Å². The third kappa shape index (κ3) is 3.91. The summed E-state index contributed by atoms with van der Waals surface area (Å²) >= 11 is 0. The molecule has 3 aromatic heterocycles. The van der Waals surface area contributed by atoms with Gasteiger partial charge < -0.3 is 13.7 Å². The van der Waals surface area contributed by atoms with E-state index in [0.29, 0.717) is 19.6 Å². The lowest BCUT2D eigenvalue weighted by Crippen LogP contribution is -2.02. The normalized spacial score (nSPS) is 12.1. The third-order valence-corrected chi connectivity index (χ3v) is 8.83. The molecule has 7 rings (SSSR count). The molecule has 12 heteroatoms. The molecule has 0 saturated heterocycles. The molecule has 0 saturated carbocycles. The summed E-state index contributed by atoms with van der Waals surface area (Å²) in [6, 6.07) is 14.8. The SMILES string of the molecule is CCCn1c2cc([N+](=O)[O-])ccc2c2c3c4ccc([N+](=O)[O-])cc4n(CCC)c3c3c(c4ccc([N+](=O)[O-])cc4n3CCC)c21. The highest BCUT2D eigenvalue weighted by Gasteiger charge is 2.29. The number of rotatable bonds is 9. The van der Waals surface area contributed by atoms with Gasteiger partial charge in [-0.2, -0.15) is 0 Å². The molecule has 0 spiro atoms. The molecule has 3 heterocycles. The second kappa shape index (κ2) is 10.3. The van der Waals surface area contributed by atoms with E-state index < -0.39 is 9.85 Å². The van der Waals surface area contributed by atoms with Gasteiger partial charge >= 0.3 is 0 Å². The van der Waals surface area contributed by atoms with Gasteiger partial charge in [0.25, 0.3) is 17.1 Å². The number of hydrogen-bond acceptors (Lipinski definition) is 6. The highest BCUT2D eigenvalue weighted by molar-refractivity contribution is 6.40. The van der Waals surface area contributed by atoms with Gasteiger partial charge in [-0.15, -0.1) is 0 Å². The Morgan fingerprint density at radius 1 is 0.489 bits per heavy atom. The number of nitro benzene ring substituents is 3. The standard InChI is InChI=1S/C33H30N6O6/c1-4-13-34-25-16-19(37(40)41)7-10-22(25)28-29-23-11-8-20(38(42)43)17-26(23)35(14-5-2)32(29)33-30(31(28)34)24-12-9-21(39(44)45)18-27(24)36(33)15-6-3/h7-12,16-18H,4-6,13-15H2,1-3H3. The summed E-state index contributed by atoms with van der Waals surface area (Å²) in [4.78, 5) is 34.6. The van der Waals surface area contributed by atoms with Crippen molar-refractivity contribution in [1.29, 1.82) is 0 Å². The van der Waals surface area contributed by atoms with E-state index in [1.807, 2.05) is 0 Å². The molecule has 0 N–H and O–H groups in total. The van der Waals surface area contributed by atoms with Crippen LogP contribution in [0.5, 0.6) is 0 Å². The molecule has 0 aliphatic heterocycles. The molecule has 0 bridgehead atoms. The van der Waals surface area contributed by atoms with Crippen LogP contribution in [0.4, 0.5) is 17.1 Å². The van der Waals surface area contributed by atoms with Crippen molar-refractivity contribution >= 4 is 82.5 Å². The maximum atomic E-state index is 11.9. The van der Waals surface area contributed by atoms with Gasteiger partial charge in [0.05, 0.1) is 47.9 Å². The van der Waals surface area contributed by atoms with E-state index in [-0.39, 0.29) is 22.0 Å². The summed E-state index contributed by atoms with van der Waals surface area (Å²) < 4.78 is 6.44. The van der Waals surface area contributed by atoms with Crippen molar-refractivity contribution in [2.45, 2.75) is 59.7 Å². The molecule has 0 amide bonds. The van der Waals surface area contributed by atoms with Crippen LogP contribution < -0.4 is 0 Å². The molecule has 0 aliphatic carbocycles. The minimum absolute atomic E-state index is 0.00963. The van der Waals surface area contributed by atoms with Crippen LogP contribution in [0.1, 0.15) is 40.0 Å². The average Bonchev–Trinajstić information content (AvgIpc) is 3.63. The lowest BCUT2D eigenvalue weighted by atomic mass is 10.0. The lowest BCUT2D eigenvalue weighted by Gasteiger charge is -2.13. The zero-order chi connectivity index (χ0) is 31.7. The molecule has 0 unspecified atom stereocenters. The fourth-order valence-corrected chi connectivity index (χ4v) is 7.22. The summed E-state index contributed by atoms with van der Waals surface area (Å²) in [5, 5.41) is 41.0. The summed E-state index contributed by atoms with van der Waals surface area (Å²) in [7, 11) is 0. The van der Waals surface area contributed by atoms with Gasteiger partial charge in [-0.25, -0.2) is 0 Å². The maximum Gasteiger partial charge on any atom is 0.271 e. The first kappa shape index (κ1) is 28.3. The number of hydrogen-bond donors (Lipinski definition) is 0. The number of non-ortho nitro benzene ring substituents is 3. The monoisotopic (exact) mass is 606 g/mol. The maximum absolute atomic E-state index is 11.9. The van der Waals surface area contributed by atoms with Crippen LogP contribution in [-0.4, -0.2) is 28.5 Å². The van der Waals surface area contributed by atoms with Gasteiger partial charge in [0.2, 0.25) is 0 Å². The van der Waals surface area contributed by atoms with Crippen LogP contribution in [0.3, 0.4) is 0 Å². The second-order valence-electron chi connectivity index (χ2n) is 11.5. The number of aromatic nitrogens is 3. The Hall–Kier alpha value is -5.52. The van der Waals surface area contributed by atoms with Gasteiger partial charge in [-0.1, -0.05) is 20.8 Å². The zero-order valence-corrected chi connectivity index (χ0v) is 25.1. The number of fused-ring (bicyclic) bond motifs is 12. The molecule has 12 nitrogen and oxygen atoms in total. The van der Waals surface area contributed by atoms with Gasteiger partial charge in [0, 0.05) is 88.3 Å². The van der Waals surface area contributed by atoms with Crippen molar-refractivity contribution in [3.05, 3.63) is 84.9 Å². The lowest BCUT2D eigenvalue weighted by molar-refractivity contribution is -0.384. The molecular formula is C33H30N6O6. The predicted octanol–water partition coefficient (Wildman–Crippen LogP) is 8.96. The largest absolute Gasteiger partial charge is 0.340 e. The van der Waals surface area contributed by atoms with Crippen molar-refractivity contribution in [3.8, 4) is 0 Å². The molecule has 45 heavy (non-hydrogen) atoms. The molecule has 228 valence electrons. The van der Waals surface area contributed by atoms with Crippen molar-refractivity contribution in [3.63, 3.8) is 0 Å². The van der Waals surface area contributed by atoms with E-state index in [4.69, 9.17) is 0 Å². The van der Waals surface area contributed by atoms with Crippen LogP contribution in [0, 0.1) is 30.3 Å². The van der Waals surface area contributed by atoms with Crippen molar-refractivity contribution < 1.29 is 14.8 Å². The number of benzene rings is 4. The van der Waals surface area contributed by atoms with Gasteiger partial charge in [0.1, 0.15) is 0 Å². The highest BCUT2D eigenvalue weighted by atomic mass is 16.6. The Balaban J connectivity index is 1.88. The van der Waals surface area contributed by atoms with Crippen LogP contribution in [0.2, 0.25) is 0 Å². The minimum Gasteiger partial charge on any atom is -0.340 e. The molecule has 4 aromatic carbocycles. The van der Waals surface area contributed by atoms with Crippen LogP contribution >= 0.6 is 0 Å². The minimum atomic E-state index is -0.392. The summed E-state index contributed by atoms with van der Waals surface area (Å²) in [5.41, 5.74) is 4.86. The van der Waals surface area contributed by atoms with Crippen molar-refractivity contribution in [2.75, 3.05) is 0 Å². The Morgan fingerprint density at radius 2 is 0.800 bits per heavy atom. The quantitative estimate of drug-likeness (QED) is 0.118. The molecule has 0 fully saturated rings. The fourth-order valence-electron chi connectivity index (χ4n) is 7.22. The fraction of sp³-hybridized carbons (Fsp3) is 0.273. The van der Waals surface area contributed by atoms with Crippen LogP contribution in [0.15, 0.2) is 54.6 Å². The first-order chi connectivity index (χ1) is 21.7. The Kier molecular flexibility index (Phi) is 6.46. The van der Waals surface area contributed by atoms with E-state index in [1.54, 1.807) is 36.4 Å². The van der Waals surface area contributed by atoms with E-state index in [1.165, 1.54) is 18.2 Å². The summed E-state index contributed by atoms with van der Waals surface area (Å²) in [5.74, 6) is 0. The number of nitrogens with zero attached hydrogens (tertiary/aromatic N) is 6. The smallest absolute Gasteiger partial charge is 0.271 e. The van der Waals surface area contributed by atoms with Crippen LogP contribution in [-0.2, 0) is 19.6 Å². The predicted molar refractivity (Wildman–Crippen MR) is 176 cm³/mol. The Bertz CT molecular complexity index is 2410. The third-order valence-electron chi connectivity index (χ3n) is 8.83. The number of nitro groups is 3. The summed E-state index contributed by atoms with van der Waals surface area (Å²) in [6.45, 7) is 7.95. The highest BCUT2D eigenvalue weighted by Crippen LogP contribution is 2.49. The van der Waals surface area contributed by atoms with E-state index in [2.05, 4.69) is 34.5 Å². The second-order valence-corrected chi connectivity index (χ2v) is 11.5. The number of aryl methyl sites for hydroxylation is 3. The topological polar surface area (TPSA) is 144 Å². The van der Waals surface area contributed by atoms with E-state index in [0.717, 1.165) is 84.7 Å². The molecule has 0 aliphatic rings. The molecule has 0 atom stereocenters. The van der Waals surface area contributed by atoms with E-state index >= 15 is 0 Å². The van der Waals surface area contributed by atoms with Gasteiger partial charge in [-0.05, 0) is 37.5 Å². The van der Waals surface area contributed by atoms with Crippen molar-refractivity contribution in [2.24, 2.45) is 0 Å². The average molecular weight is 607 g/mol. The molecule has 7 aromatic rings. The Labute approximate surface area is 255 Å².